The van der Waals surface area contributed by atoms with Crippen LogP contribution in [0.25, 0.3) is 0 Å². The summed E-state index contributed by atoms with van der Waals surface area (Å²) in [7, 11) is 2.10. The van der Waals surface area contributed by atoms with Gasteiger partial charge in [-0.25, -0.2) is 4.79 Å². The molecule has 1 atom stereocenters. The standard InChI is InChI=1S/C27H28N2O3/c1-29(21-6-9-23(10-7-21)32-24-11-12-24)22-8-13-25-18(2-4-19(25)16-22)3-5-20-17-28-15-14-26(20)27(30)31/h6-10,13-18,24H,2-5,11-12H2,1H3,(H,30,31)/t18-/m0/s1. The van der Waals surface area contributed by atoms with E-state index < -0.39 is 5.97 Å². The molecule has 1 saturated carbocycles. The van der Waals surface area contributed by atoms with Gasteiger partial charge in [-0.15, -0.1) is 0 Å². The topological polar surface area (TPSA) is 62.7 Å². The molecule has 0 unspecified atom stereocenters. The predicted octanol–water partition coefficient (Wildman–Crippen LogP) is 5.75. The van der Waals surface area contributed by atoms with Crippen LogP contribution in [0.15, 0.2) is 60.9 Å². The summed E-state index contributed by atoms with van der Waals surface area (Å²) in [5.74, 6) is 0.528. The maximum Gasteiger partial charge on any atom is 0.336 e. The first-order valence-electron chi connectivity index (χ1n) is 11.4. The molecule has 0 aliphatic heterocycles. The maximum atomic E-state index is 11.5. The molecule has 5 heteroatoms. The van der Waals surface area contributed by atoms with Crippen LogP contribution >= 0.6 is 0 Å². The van der Waals surface area contributed by atoms with Gasteiger partial charge in [0.2, 0.25) is 0 Å². The predicted molar refractivity (Wildman–Crippen MR) is 125 cm³/mol. The molecule has 5 nitrogen and oxygen atoms in total. The molecule has 2 aromatic carbocycles. The quantitative estimate of drug-likeness (QED) is 0.495. The summed E-state index contributed by atoms with van der Waals surface area (Å²) in [6.45, 7) is 0. The summed E-state index contributed by atoms with van der Waals surface area (Å²) in [5.41, 5.74) is 6.30. The fraction of sp³-hybridized carbons (Fsp3) is 0.333. The number of aryl methyl sites for hydroxylation is 2. The van der Waals surface area contributed by atoms with E-state index in [1.165, 1.54) is 29.7 Å². The average Bonchev–Trinajstić information content (AvgIpc) is 3.54. The minimum atomic E-state index is -0.881. The van der Waals surface area contributed by atoms with Gasteiger partial charge in [-0.1, -0.05) is 6.07 Å². The highest BCUT2D eigenvalue weighted by atomic mass is 16.5. The normalized spacial score (nSPS) is 17.1. The average molecular weight is 429 g/mol. The van der Waals surface area contributed by atoms with Gasteiger partial charge in [-0.2, -0.15) is 0 Å². The highest BCUT2D eigenvalue weighted by Gasteiger charge is 2.25. The monoisotopic (exact) mass is 428 g/mol. The lowest BCUT2D eigenvalue weighted by atomic mass is 9.93. The van der Waals surface area contributed by atoms with Crippen molar-refractivity contribution in [2.24, 2.45) is 0 Å². The third-order valence-electron chi connectivity index (χ3n) is 6.66. The Balaban J connectivity index is 1.26. The van der Waals surface area contributed by atoms with Crippen molar-refractivity contribution >= 4 is 17.3 Å². The molecule has 1 aromatic heterocycles. The molecule has 1 heterocycles. The Bertz CT molecular complexity index is 1120. The Kier molecular flexibility index (Phi) is 5.56. The highest BCUT2D eigenvalue weighted by Crippen LogP contribution is 2.39. The summed E-state index contributed by atoms with van der Waals surface area (Å²) in [5, 5.41) is 9.41. The molecule has 0 amide bonds. The van der Waals surface area contributed by atoms with Gasteiger partial charge in [0.1, 0.15) is 5.75 Å². The Hall–Kier alpha value is -3.34. The van der Waals surface area contributed by atoms with Crippen molar-refractivity contribution in [1.82, 2.24) is 4.98 Å². The third-order valence-corrected chi connectivity index (χ3v) is 6.66. The molecule has 5 rings (SSSR count). The molecule has 164 valence electrons. The van der Waals surface area contributed by atoms with Crippen molar-refractivity contribution < 1.29 is 14.6 Å². The number of benzene rings is 2. The Morgan fingerprint density at radius 2 is 1.88 bits per heavy atom. The van der Waals surface area contributed by atoms with E-state index in [0.29, 0.717) is 17.6 Å². The number of fused-ring (bicyclic) bond motifs is 1. The van der Waals surface area contributed by atoms with E-state index in [1.54, 1.807) is 18.5 Å². The third kappa shape index (κ3) is 4.33. The summed E-state index contributed by atoms with van der Waals surface area (Å²) in [6, 6.07) is 16.7. The van der Waals surface area contributed by atoms with Gasteiger partial charge in [-0.3, -0.25) is 4.98 Å². The van der Waals surface area contributed by atoms with Crippen LogP contribution in [0.2, 0.25) is 0 Å². The molecule has 0 saturated heterocycles. The fourth-order valence-corrected chi connectivity index (χ4v) is 4.64. The van der Waals surface area contributed by atoms with Gasteiger partial charge in [0, 0.05) is 30.8 Å². The number of aromatic nitrogens is 1. The first-order valence-corrected chi connectivity index (χ1v) is 11.4. The number of rotatable bonds is 8. The van der Waals surface area contributed by atoms with Crippen LogP contribution in [0.3, 0.4) is 0 Å². The molecule has 0 spiro atoms. The second kappa shape index (κ2) is 8.65. The molecule has 0 bridgehead atoms. The fourth-order valence-electron chi connectivity index (χ4n) is 4.64. The summed E-state index contributed by atoms with van der Waals surface area (Å²) < 4.78 is 5.86. The Labute approximate surface area is 188 Å². The van der Waals surface area contributed by atoms with Crippen molar-refractivity contribution in [2.45, 2.75) is 50.5 Å². The zero-order valence-electron chi connectivity index (χ0n) is 18.3. The number of ether oxygens (including phenoxy) is 1. The van der Waals surface area contributed by atoms with Crippen molar-refractivity contribution in [3.8, 4) is 5.75 Å². The largest absolute Gasteiger partial charge is 0.490 e. The summed E-state index contributed by atoms with van der Waals surface area (Å²) in [4.78, 5) is 17.8. The molecule has 2 aliphatic rings. The van der Waals surface area contributed by atoms with Gasteiger partial charge in [-0.05, 0) is 104 Å². The van der Waals surface area contributed by atoms with E-state index >= 15 is 0 Å². The molecule has 1 N–H and O–H groups in total. The lowest BCUT2D eigenvalue weighted by Gasteiger charge is -2.21. The second-order valence-corrected chi connectivity index (χ2v) is 8.87. The maximum absolute atomic E-state index is 11.5. The smallest absolute Gasteiger partial charge is 0.336 e. The van der Waals surface area contributed by atoms with Crippen molar-refractivity contribution in [3.63, 3.8) is 0 Å². The number of aromatic carboxylic acids is 1. The Morgan fingerprint density at radius 1 is 1.09 bits per heavy atom. The summed E-state index contributed by atoms with van der Waals surface area (Å²) in [6.07, 6.45) is 9.83. The van der Waals surface area contributed by atoms with E-state index in [-0.39, 0.29) is 0 Å². The minimum Gasteiger partial charge on any atom is -0.490 e. The second-order valence-electron chi connectivity index (χ2n) is 8.87. The summed E-state index contributed by atoms with van der Waals surface area (Å²) >= 11 is 0. The molecule has 3 aromatic rings. The molecular formula is C27H28N2O3. The van der Waals surface area contributed by atoms with Gasteiger partial charge >= 0.3 is 5.97 Å². The zero-order valence-corrected chi connectivity index (χ0v) is 18.3. The lowest BCUT2D eigenvalue weighted by Crippen LogP contribution is -2.10. The van der Waals surface area contributed by atoms with E-state index in [0.717, 1.165) is 42.7 Å². The van der Waals surface area contributed by atoms with Gasteiger partial charge in [0.25, 0.3) is 0 Å². The van der Waals surface area contributed by atoms with Crippen LogP contribution in [0.1, 0.15) is 58.6 Å². The van der Waals surface area contributed by atoms with Crippen LogP contribution in [0.5, 0.6) is 5.75 Å². The van der Waals surface area contributed by atoms with Crippen molar-refractivity contribution in [1.29, 1.82) is 0 Å². The molecule has 32 heavy (non-hydrogen) atoms. The van der Waals surface area contributed by atoms with Crippen LogP contribution in [-0.4, -0.2) is 29.2 Å². The van der Waals surface area contributed by atoms with Gasteiger partial charge in [0.15, 0.2) is 0 Å². The Morgan fingerprint density at radius 3 is 2.62 bits per heavy atom. The number of hydrogen-bond donors (Lipinski definition) is 1. The van der Waals surface area contributed by atoms with Crippen LogP contribution in [-0.2, 0) is 12.8 Å². The van der Waals surface area contributed by atoms with E-state index in [9.17, 15) is 9.90 Å². The van der Waals surface area contributed by atoms with Crippen molar-refractivity contribution in [2.75, 3.05) is 11.9 Å². The number of hydrogen-bond acceptors (Lipinski definition) is 4. The SMILES string of the molecule is CN(c1ccc(OC2CC2)cc1)c1ccc2c(c1)CC[C@H]2CCc1cnccc1C(=O)O. The highest BCUT2D eigenvalue weighted by molar-refractivity contribution is 5.89. The van der Waals surface area contributed by atoms with Crippen LogP contribution in [0, 0.1) is 0 Å². The molecular weight excluding hydrogens is 400 g/mol. The van der Waals surface area contributed by atoms with Gasteiger partial charge in [0.05, 0.1) is 11.7 Å². The van der Waals surface area contributed by atoms with Crippen molar-refractivity contribution in [3.05, 3.63) is 83.2 Å². The first kappa shape index (κ1) is 20.6. The first-order chi connectivity index (χ1) is 15.6. The molecule has 2 aliphatic carbocycles. The number of carboxylic acids is 1. The number of nitrogens with zero attached hydrogens (tertiary/aromatic N) is 2. The minimum absolute atomic E-state index is 0.365. The van der Waals surface area contributed by atoms with Gasteiger partial charge < -0.3 is 14.7 Å². The number of carbonyl (C=O) groups is 1. The number of pyridine rings is 1. The van der Waals surface area contributed by atoms with E-state index in [2.05, 4.69) is 59.4 Å². The molecule has 1 fully saturated rings. The van der Waals surface area contributed by atoms with E-state index in [4.69, 9.17) is 4.74 Å². The number of carboxylic acid groups (broad SMARTS) is 1. The molecule has 0 radical (unpaired) electrons. The van der Waals surface area contributed by atoms with Crippen LogP contribution < -0.4 is 9.64 Å². The lowest BCUT2D eigenvalue weighted by molar-refractivity contribution is 0.0695. The zero-order chi connectivity index (χ0) is 22.1. The number of anilines is 2. The van der Waals surface area contributed by atoms with Crippen LogP contribution in [0.4, 0.5) is 11.4 Å². The van der Waals surface area contributed by atoms with E-state index in [1.807, 2.05) is 0 Å².